The number of carbonyl (C=O) groups is 2. The van der Waals surface area contributed by atoms with E-state index >= 15 is 0 Å². The molecular weight excluding hydrogens is 526 g/mol. The zero-order valence-electron chi connectivity index (χ0n) is 22.1. The SMILES string of the molecule is Cc1cc(O)c2c(c1)C(=O)c1ccc3c(c1C2=O)O[C@@]12O[C@H](C)[C@H]4[C@@]5(C)O[C@H]5C(O)=C(c5noc6cccc1c56)[C@]342. The summed E-state index contributed by atoms with van der Waals surface area (Å²) in [5.41, 5.74) is 1.86. The topological polar surface area (TPSA) is 132 Å². The van der Waals surface area contributed by atoms with Gasteiger partial charge in [0.05, 0.1) is 22.6 Å². The van der Waals surface area contributed by atoms with Gasteiger partial charge in [0.15, 0.2) is 11.4 Å². The number of phenols is 1. The van der Waals surface area contributed by atoms with Gasteiger partial charge in [0.2, 0.25) is 5.78 Å². The molecule has 0 saturated carbocycles. The Morgan fingerprint density at radius 3 is 2.61 bits per heavy atom. The highest BCUT2D eigenvalue weighted by Gasteiger charge is 2.86. The van der Waals surface area contributed by atoms with E-state index in [9.17, 15) is 19.8 Å². The van der Waals surface area contributed by atoms with Crippen LogP contribution in [0.4, 0.5) is 0 Å². The average molecular weight is 548 g/mol. The Morgan fingerprint density at radius 2 is 1.78 bits per heavy atom. The maximum atomic E-state index is 14.2. The standard InChI is InChI=1S/C32H21NO8/c1-11-9-14-19(17(34)10-11)25(36)20-13(24(14)35)7-8-16-27(20)39-32-15-5-4-6-18-21(15)23(33-41-18)22-26(37)29-30(3,40-29)28(12(2)38-32)31(16,22)32/h4-10,12,28-29,34,37H,1-3H3/t12-,28+,29+,30-,31-,32+/m1/s1. The molecular formula is C32H21NO8. The van der Waals surface area contributed by atoms with Gasteiger partial charge in [0, 0.05) is 33.7 Å². The number of rotatable bonds is 0. The van der Waals surface area contributed by atoms with Crippen LogP contribution in [0.1, 0.15) is 68.1 Å². The van der Waals surface area contributed by atoms with E-state index in [1.807, 2.05) is 26.0 Å². The van der Waals surface area contributed by atoms with Crippen molar-refractivity contribution in [3.63, 3.8) is 0 Å². The second-order valence-electron chi connectivity index (χ2n) is 12.2. The third-order valence-electron chi connectivity index (χ3n) is 10.3. The highest BCUT2D eigenvalue weighted by Crippen LogP contribution is 2.79. The number of hydrogen-bond donors (Lipinski definition) is 2. The van der Waals surface area contributed by atoms with Gasteiger partial charge in [-0.15, -0.1) is 0 Å². The zero-order valence-corrected chi connectivity index (χ0v) is 22.1. The highest BCUT2D eigenvalue weighted by molar-refractivity contribution is 6.30. The number of epoxide rings is 1. The van der Waals surface area contributed by atoms with Crippen molar-refractivity contribution >= 4 is 28.1 Å². The van der Waals surface area contributed by atoms with Crippen molar-refractivity contribution in [1.29, 1.82) is 0 Å². The molecule has 3 aliphatic carbocycles. The van der Waals surface area contributed by atoms with Crippen molar-refractivity contribution in [3.05, 3.63) is 92.9 Å². The van der Waals surface area contributed by atoms with E-state index < -0.39 is 28.7 Å². The Labute approximate surface area is 231 Å². The van der Waals surface area contributed by atoms with Crippen molar-refractivity contribution in [3.8, 4) is 11.5 Å². The summed E-state index contributed by atoms with van der Waals surface area (Å²) in [6.07, 6.45) is -0.928. The summed E-state index contributed by atoms with van der Waals surface area (Å²) in [7, 11) is 0. The first kappa shape index (κ1) is 22.2. The number of benzene rings is 3. The van der Waals surface area contributed by atoms with Gasteiger partial charge in [-0.2, -0.15) is 0 Å². The lowest BCUT2D eigenvalue weighted by atomic mass is 9.51. The Balaban J connectivity index is 1.36. The number of nitrogens with zero attached hydrogens (tertiary/aromatic N) is 1. The summed E-state index contributed by atoms with van der Waals surface area (Å²) >= 11 is 0. The molecule has 10 rings (SSSR count). The molecule has 41 heavy (non-hydrogen) atoms. The van der Waals surface area contributed by atoms with Crippen LogP contribution < -0.4 is 4.74 Å². The summed E-state index contributed by atoms with van der Waals surface area (Å²) in [5, 5.41) is 27.7. The summed E-state index contributed by atoms with van der Waals surface area (Å²) < 4.78 is 25.8. The monoisotopic (exact) mass is 547 g/mol. The maximum absolute atomic E-state index is 14.2. The number of phenolic OH excluding ortho intramolecular Hbond substituents is 1. The number of hydrogen-bond acceptors (Lipinski definition) is 9. The Kier molecular flexibility index (Phi) is 3.37. The number of aliphatic hydroxyl groups is 1. The van der Waals surface area contributed by atoms with Gasteiger partial charge in [-0.25, -0.2) is 0 Å². The molecule has 6 atom stereocenters. The van der Waals surface area contributed by atoms with Crippen LogP contribution in [-0.4, -0.2) is 44.7 Å². The average Bonchev–Trinajstić information content (AvgIpc) is 3.20. The Morgan fingerprint density at radius 1 is 0.951 bits per heavy atom. The first-order valence-electron chi connectivity index (χ1n) is 13.6. The van der Waals surface area contributed by atoms with E-state index in [0.29, 0.717) is 38.9 Å². The smallest absolute Gasteiger partial charge is 0.253 e. The summed E-state index contributed by atoms with van der Waals surface area (Å²) in [4.78, 5) is 28.0. The molecule has 4 heterocycles. The predicted molar refractivity (Wildman–Crippen MR) is 141 cm³/mol. The number of fused-ring (bicyclic) bond motifs is 7. The molecule has 2 saturated heterocycles. The molecule has 0 radical (unpaired) electrons. The van der Waals surface area contributed by atoms with Gasteiger partial charge < -0.3 is 28.9 Å². The van der Waals surface area contributed by atoms with Gasteiger partial charge in [-0.05, 0) is 50.6 Å². The van der Waals surface area contributed by atoms with Crippen molar-refractivity contribution < 1.29 is 38.5 Å². The normalized spacial score (nSPS) is 34.5. The molecule has 202 valence electrons. The Hall–Kier alpha value is -4.47. The van der Waals surface area contributed by atoms with Crippen LogP contribution in [0.3, 0.4) is 0 Å². The maximum Gasteiger partial charge on any atom is 0.253 e. The predicted octanol–water partition coefficient (Wildman–Crippen LogP) is 4.59. The number of ether oxygens (including phenoxy) is 3. The van der Waals surface area contributed by atoms with Gasteiger partial charge in [-0.1, -0.05) is 23.4 Å². The summed E-state index contributed by atoms with van der Waals surface area (Å²) in [5.74, 6) is -2.75. The second-order valence-corrected chi connectivity index (χ2v) is 12.2. The lowest BCUT2D eigenvalue weighted by molar-refractivity contribution is -0.184. The lowest BCUT2D eigenvalue weighted by Gasteiger charge is -2.47. The number of aryl methyl sites for hydroxylation is 1. The molecule has 1 spiro atoms. The minimum absolute atomic E-state index is 0.0329. The third kappa shape index (κ3) is 1.99. The van der Waals surface area contributed by atoms with Crippen LogP contribution in [0.15, 0.2) is 52.7 Å². The number of aromatic nitrogens is 1. The number of aliphatic hydroxyl groups excluding tert-OH is 1. The molecule has 9 heteroatoms. The third-order valence-corrected chi connectivity index (χ3v) is 10.3. The molecule has 2 fully saturated rings. The minimum Gasteiger partial charge on any atom is -0.509 e. The minimum atomic E-state index is -1.51. The molecule has 3 aromatic carbocycles. The van der Waals surface area contributed by atoms with E-state index in [0.717, 1.165) is 0 Å². The molecule has 9 nitrogen and oxygen atoms in total. The molecule has 6 aliphatic rings. The highest BCUT2D eigenvalue weighted by atomic mass is 16.7. The molecule has 3 aliphatic heterocycles. The van der Waals surface area contributed by atoms with Crippen molar-refractivity contribution in [2.75, 3.05) is 0 Å². The van der Waals surface area contributed by atoms with E-state index in [1.165, 1.54) is 6.07 Å². The molecule has 0 bridgehead atoms. The van der Waals surface area contributed by atoms with Crippen LogP contribution in [-0.2, 0) is 20.7 Å². The fraction of sp³-hybridized carbons (Fsp3) is 0.281. The van der Waals surface area contributed by atoms with Crippen LogP contribution in [0.5, 0.6) is 11.5 Å². The molecule has 1 aromatic heterocycles. The van der Waals surface area contributed by atoms with Crippen LogP contribution in [0.2, 0.25) is 0 Å². The van der Waals surface area contributed by atoms with E-state index in [4.69, 9.17) is 18.7 Å². The van der Waals surface area contributed by atoms with Gasteiger partial charge in [-0.3, -0.25) is 9.59 Å². The quantitative estimate of drug-likeness (QED) is 0.267. The van der Waals surface area contributed by atoms with Crippen molar-refractivity contribution in [2.24, 2.45) is 5.92 Å². The van der Waals surface area contributed by atoms with Crippen LogP contribution in [0, 0.1) is 12.8 Å². The van der Waals surface area contributed by atoms with E-state index in [1.54, 1.807) is 31.2 Å². The number of ketones is 2. The zero-order chi connectivity index (χ0) is 28.0. The van der Waals surface area contributed by atoms with Crippen molar-refractivity contribution in [2.45, 2.75) is 49.8 Å². The van der Waals surface area contributed by atoms with Crippen LogP contribution >= 0.6 is 0 Å². The molecule has 0 unspecified atom stereocenters. The molecule has 0 amide bonds. The summed E-state index contributed by atoms with van der Waals surface area (Å²) in [6.45, 7) is 5.69. The van der Waals surface area contributed by atoms with Gasteiger partial charge in [0.25, 0.3) is 5.79 Å². The van der Waals surface area contributed by atoms with Crippen LogP contribution in [0.25, 0.3) is 16.5 Å². The Bertz CT molecular complexity index is 2070. The first-order chi connectivity index (χ1) is 19.6. The first-order valence-corrected chi connectivity index (χ1v) is 13.6. The van der Waals surface area contributed by atoms with E-state index in [2.05, 4.69) is 5.16 Å². The lowest BCUT2D eigenvalue weighted by Crippen LogP contribution is -2.57. The van der Waals surface area contributed by atoms with Gasteiger partial charge >= 0.3 is 0 Å². The largest absolute Gasteiger partial charge is 0.509 e. The number of carbonyl (C=O) groups excluding carboxylic acids is 2. The second kappa shape index (κ2) is 6.22. The fourth-order valence-electron chi connectivity index (χ4n) is 8.98. The fourth-order valence-corrected chi connectivity index (χ4v) is 8.98. The number of aromatic hydroxyl groups is 1. The summed E-state index contributed by atoms with van der Waals surface area (Å²) in [6, 6.07) is 12.1. The molecule has 4 aromatic rings. The van der Waals surface area contributed by atoms with Crippen molar-refractivity contribution in [1.82, 2.24) is 5.16 Å². The molecule has 2 N–H and O–H groups in total. The van der Waals surface area contributed by atoms with E-state index in [-0.39, 0.29) is 57.3 Å². The van der Waals surface area contributed by atoms with Gasteiger partial charge in [0.1, 0.15) is 40.1 Å².